The van der Waals surface area contributed by atoms with Crippen LogP contribution in [-0.2, 0) is 4.79 Å². The van der Waals surface area contributed by atoms with Gasteiger partial charge in [0.05, 0.1) is 24.0 Å². The van der Waals surface area contributed by atoms with E-state index in [2.05, 4.69) is 20.3 Å². The first-order chi connectivity index (χ1) is 12.6. The van der Waals surface area contributed by atoms with Gasteiger partial charge in [-0.15, -0.1) is 0 Å². The van der Waals surface area contributed by atoms with Crippen molar-refractivity contribution in [3.05, 3.63) is 29.8 Å². The fraction of sp³-hybridized carbons (Fsp3) is 0.579. The third-order valence-corrected chi connectivity index (χ3v) is 5.21. The number of amides is 1. The molecule has 1 amide bonds. The molecule has 3 heterocycles. The molecule has 26 heavy (non-hydrogen) atoms. The molecule has 2 fully saturated rings. The van der Waals surface area contributed by atoms with E-state index in [1.807, 2.05) is 24.6 Å². The number of hydrogen-bond donors (Lipinski definition) is 1. The van der Waals surface area contributed by atoms with Crippen molar-refractivity contribution in [3.63, 3.8) is 0 Å². The number of piperidine rings is 1. The molecule has 2 aliphatic rings. The van der Waals surface area contributed by atoms with Gasteiger partial charge in [0.15, 0.2) is 5.82 Å². The summed E-state index contributed by atoms with van der Waals surface area (Å²) in [5.74, 6) is 2.45. The molecule has 1 N–H and O–H groups in total. The standard InChI is InChI=1S/C19H26N6O/c1-13-8-14(2)25(23-13)18-11-20-10-17(22-18)24-7-3-4-16(12-24)19(26)21-9-15-5-6-15/h8,10-11,15-16H,3-7,9,12H2,1-2H3,(H,21,26). The Hall–Kier alpha value is -2.44. The predicted octanol–water partition coefficient (Wildman–Crippen LogP) is 2.02. The lowest BCUT2D eigenvalue weighted by Gasteiger charge is -2.32. The summed E-state index contributed by atoms with van der Waals surface area (Å²) in [4.78, 5) is 23.7. The zero-order valence-corrected chi connectivity index (χ0v) is 15.5. The van der Waals surface area contributed by atoms with Crippen LogP contribution in [0.25, 0.3) is 5.82 Å². The molecule has 1 aliphatic heterocycles. The van der Waals surface area contributed by atoms with E-state index in [0.717, 1.165) is 43.1 Å². The van der Waals surface area contributed by atoms with Crippen LogP contribution >= 0.6 is 0 Å². The molecule has 1 atom stereocenters. The number of anilines is 1. The quantitative estimate of drug-likeness (QED) is 0.889. The molecule has 2 aromatic rings. The van der Waals surface area contributed by atoms with Crippen LogP contribution < -0.4 is 10.2 Å². The van der Waals surface area contributed by atoms with Crippen LogP contribution in [0.3, 0.4) is 0 Å². The smallest absolute Gasteiger partial charge is 0.224 e. The Morgan fingerprint density at radius 3 is 2.77 bits per heavy atom. The Bertz CT molecular complexity index is 797. The molecular weight excluding hydrogens is 328 g/mol. The van der Waals surface area contributed by atoms with E-state index in [0.29, 0.717) is 18.3 Å². The lowest BCUT2D eigenvalue weighted by Crippen LogP contribution is -2.44. The monoisotopic (exact) mass is 354 g/mol. The minimum Gasteiger partial charge on any atom is -0.356 e. The molecule has 0 radical (unpaired) electrons. The molecule has 1 saturated carbocycles. The Morgan fingerprint density at radius 2 is 2.04 bits per heavy atom. The SMILES string of the molecule is Cc1cc(C)n(-c2cncc(N3CCCC(C(=O)NCC4CC4)C3)n2)n1. The molecule has 7 nitrogen and oxygen atoms in total. The van der Waals surface area contributed by atoms with Crippen molar-refractivity contribution < 1.29 is 4.79 Å². The Balaban J connectivity index is 1.47. The largest absolute Gasteiger partial charge is 0.356 e. The molecule has 0 bridgehead atoms. The average molecular weight is 354 g/mol. The van der Waals surface area contributed by atoms with E-state index in [1.165, 1.54) is 12.8 Å². The van der Waals surface area contributed by atoms with Crippen molar-refractivity contribution in [2.45, 2.75) is 39.5 Å². The van der Waals surface area contributed by atoms with Gasteiger partial charge in [0.1, 0.15) is 5.82 Å². The lowest BCUT2D eigenvalue weighted by atomic mass is 9.97. The summed E-state index contributed by atoms with van der Waals surface area (Å²) in [5, 5.41) is 7.61. The van der Waals surface area contributed by atoms with Gasteiger partial charge in [-0.1, -0.05) is 0 Å². The van der Waals surface area contributed by atoms with E-state index >= 15 is 0 Å². The van der Waals surface area contributed by atoms with E-state index in [-0.39, 0.29) is 11.8 Å². The third-order valence-electron chi connectivity index (χ3n) is 5.21. The highest BCUT2D eigenvalue weighted by Crippen LogP contribution is 2.28. The number of nitrogens with zero attached hydrogens (tertiary/aromatic N) is 5. The van der Waals surface area contributed by atoms with Gasteiger partial charge in [-0.25, -0.2) is 9.67 Å². The van der Waals surface area contributed by atoms with Crippen LogP contribution in [0.2, 0.25) is 0 Å². The van der Waals surface area contributed by atoms with Crippen molar-refractivity contribution in [3.8, 4) is 5.82 Å². The first-order valence-corrected chi connectivity index (χ1v) is 9.48. The second-order valence-corrected chi connectivity index (χ2v) is 7.55. The number of rotatable bonds is 5. The molecule has 1 unspecified atom stereocenters. The van der Waals surface area contributed by atoms with Crippen molar-refractivity contribution >= 4 is 11.7 Å². The van der Waals surface area contributed by atoms with Gasteiger partial charge in [-0.2, -0.15) is 5.10 Å². The second kappa shape index (κ2) is 7.05. The molecule has 2 aromatic heterocycles. The van der Waals surface area contributed by atoms with Gasteiger partial charge in [0, 0.05) is 25.3 Å². The minimum atomic E-state index is 0.0293. The molecule has 4 rings (SSSR count). The first kappa shape index (κ1) is 17.0. The fourth-order valence-electron chi connectivity index (χ4n) is 3.57. The van der Waals surface area contributed by atoms with E-state index < -0.39 is 0 Å². The Kier molecular flexibility index (Phi) is 4.61. The van der Waals surface area contributed by atoms with Crippen molar-refractivity contribution in [2.24, 2.45) is 11.8 Å². The number of carbonyl (C=O) groups is 1. The summed E-state index contributed by atoms with van der Waals surface area (Å²) in [6.07, 6.45) is 7.95. The number of carbonyl (C=O) groups excluding carboxylic acids is 1. The number of hydrogen-bond acceptors (Lipinski definition) is 5. The van der Waals surface area contributed by atoms with Gasteiger partial charge >= 0.3 is 0 Å². The number of aryl methyl sites for hydroxylation is 2. The molecule has 1 saturated heterocycles. The van der Waals surface area contributed by atoms with Crippen LogP contribution in [0.1, 0.15) is 37.1 Å². The summed E-state index contributed by atoms with van der Waals surface area (Å²) in [6, 6.07) is 2.02. The highest BCUT2D eigenvalue weighted by atomic mass is 16.1. The van der Waals surface area contributed by atoms with Crippen LogP contribution in [0, 0.1) is 25.7 Å². The predicted molar refractivity (Wildman–Crippen MR) is 99.3 cm³/mol. The summed E-state index contributed by atoms with van der Waals surface area (Å²) < 4.78 is 1.82. The first-order valence-electron chi connectivity index (χ1n) is 9.48. The molecular formula is C19H26N6O. The van der Waals surface area contributed by atoms with E-state index in [4.69, 9.17) is 4.98 Å². The zero-order chi connectivity index (χ0) is 18.1. The average Bonchev–Trinajstić information content (AvgIpc) is 3.43. The molecule has 0 aromatic carbocycles. The van der Waals surface area contributed by atoms with Crippen LogP contribution in [0.15, 0.2) is 18.5 Å². The summed E-state index contributed by atoms with van der Waals surface area (Å²) in [7, 11) is 0. The highest BCUT2D eigenvalue weighted by Gasteiger charge is 2.28. The van der Waals surface area contributed by atoms with Gasteiger partial charge in [0.25, 0.3) is 0 Å². The molecule has 0 spiro atoms. The maximum absolute atomic E-state index is 12.5. The Morgan fingerprint density at radius 1 is 1.23 bits per heavy atom. The Labute approximate surface area is 153 Å². The highest BCUT2D eigenvalue weighted by molar-refractivity contribution is 5.79. The fourth-order valence-corrected chi connectivity index (χ4v) is 3.57. The minimum absolute atomic E-state index is 0.0293. The van der Waals surface area contributed by atoms with Gasteiger partial charge in [-0.3, -0.25) is 9.78 Å². The van der Waals surface area contributed by atoms with E-state index in [9.17, 15) is 4.79 Å². The zero-order valence-electron chi connectivity index (χ0n) is 15.5. The summed E-state index contributed by atoms with van der Waals surface area (Å²) in [6.45, 7) is 6.42. The number of aromatic nitrogens is 4. The van der Waals surface area contributed by atoms with Crippen LogP contribution in [0.5, 0.6) is 0 Å². The summed E-state index contributed by atoms with van der Waals surface area (Å²) in [5.41, 5.74) is 1.99. The topological polar surface area (TPSA) is 75.9 Å². The van der Waals surface area contributed by atoms with Gasteiger partial charge < -0.3 is 10.2 Å². The van der Waals surface area contributed by atoms with E-state index in [1.54, 1.807) is 12.4 Å². The lowest BCUT2D eigenvalue weighted by molar-refractivity contribution is -0.125. The molecule has 1 aliphatic carbocycles. The van der Waals surface area contributed by atoms with Crippen LogP contribution in [0.4, 0.5) is 5.82 Å². The maximum atomic E-state index is 12.5. The van der Waals surface area contributed by atoms with Crippen LogP contribution in [-0.4, -0.2) is 45.3 Å². The van der Waals surface area contributed by atoms with Gasteiger partial charge in [-0.05, 0) is 51.5 Å². The van der Waals surface area contributed by atoms with Crippen molar-refractivity contribution in [1.82, 2.24) is 25.1 Å². The molecule has 7 heteroatoms. The van der Waals surface area contributed by atoms with Gasteiger partial charge in [0.2, 0.25) is 5.91 Å². The summed E-state index contributed by atoms with van der Waals surface area (Å²) >= 11 is 0. The second-order valence-electron chi connectivity index (χ2n) is 7.55. The van der Waals surface area contributed by atoms with Crippen molar-refractivity contribution in [1.29, 1.82) is 0 Å². The normalized spacial score (nSPS) is 20.2. The van der Waals surface area contributed by atoms with Crippen molar-refractivity contribution in [2.75, 3.05) is 24.5 Å². The number of nitrogens with one attached hydrogen (secondary N) is 1. The maximum Gasteiger partial charge on any atom is 0.224 e. The molecule has 138 valence electrons. The third kappa shape index (κ3) is 3.71.